The van der Waals surface area contributed by atoms with Crippen molar-refractivity contribution in [1.29, 1.82) is 0 Å². The first-order valence-electron chi connectivity index (χ1n) is 5.58. The number of aliphatic hydroxyl groups is 1. The molecule has 3 nitrogen and oxygen atoms in total. The molecule has 4 saturated carbocycles. The zero-order chi connectivity index (χ0) is 9.71. The van der Waals surface area contributed by atoms with Crippen LogP contribution in [0, 0.1) is 23.7 Å². The Morgan fingerprint density at radius 2 is 2.14 bits per heavy atom. The van der Waals surface area contributed by atoms with Gasteiger partial charge < -0.3 is 9.94 Å². The van der Waals surface area contributed by atoms with Crippen LogP contribution in [0.3, 0.4) is 0 Å². The van der Waals surface area contributed by atoms with E-state index in [1.807, 2.05) is 0 Å². The molecule has 4 rings (SSSR count). The average molecular weight is 195 g/mol. The minimum absolute atomic E-state index is 0.142. The lowest BCUT2D eigenvalue weighted by atomic mass is 9.54. The smallest absolute Gasteiger partial charge is 0.106 e. The summed E-state index contributed by atoms with van der Waals surface area (Å²) in [5.74, 6) is 2.32. The summed E-state index contributed by atoms with van der Waals surface area (Å²) >= 11 is 0. The monoisotopic (exact) mass is 195 g/mol. The standard InChI is InChI=1S/C11H17NO2/c1-14-12-10-7-2-6-3-8(5-7)11(13)9(10)4-6/h6-9,11,13H,2-5H2,1H3/b12-10+/t6?,7?,8?,9?,11-/m0/s1. The molecule has 0 aliphatic heterocycles. The van der Waals surface area contributed by atoms with Crippen LogP contribution in [0.4, 0.5) is 0 Å². The average Bonchev–Trinajstić information content (AvgIpc) is 2.18. The maximum atomic E-state index is 10.1. The molecule has 0 aromatic rings. The molecule has 0 heterocycles. The van der Waals surface area contributed by atoms with E-state index < -0.39 is 0 Å². The van der Waals surface area contributed by atoms with Crippen LogP contribution in [0.2, 0.25) is 0 Å². The Kier molecular flexibility index (Phi) is 1.84. The normalized spacial score (nSPS) is 52.7. The second-order valence-corrected chi connectivity index (χ2v) is 5.06. The van der Waals surface area contributed by atoms with Crippen molar-refractivity contribution >= 4 is 5.71 Å². The highest BCUT2D eigenvalue weighted by atomic mass is 16.6. The van der Waals surface area contributed by atoms with E-state index in [1.165, 1.54) is 12.8 Å². The van der Waals surface area contributed by atoms with Crippen LogP contribution in [0.25, 0.3) is 0 Å². The Hall–Kier alpha value is -0.570. The van der Waals surface area contributed by atoms with Gasteiger partial charge in [0.15, 0.2) is 0 Å². The summed E-state index contributed by atoms with van der Waals surface area (Å²) in [7, 11) is 1.60. The Bertz CT molecular complexity index is 276. The molecule has 4 unspecified atom stereocenters. The van der Waals surface area contributed by atoms with Crippen molar-refractivity contribution < 1.29 is 9.94 Å². The summed E-state index contributed by atoms with van der Waals surface area (Å²) in [6.07, 6.45) is 4.65. The molecule has 4 fully saturated rings. The quantitative estimate of drug-likeness (QED) is 0.643. The number of hydrogen-bond acceptors (Lipinski definition) is 3. The molecule has 0 spiro atoms. The largest absolute Gasteiger partial charge is 0.399 e. The molecule has 4 aliphatic rings. The molecule has 0 aromatic carbocycles. The fourth-order valence-corrected chi connectivity index (χ4v) is 3.87. The van der Waals surface area contributed by atoms with Crippen LogP contribution < -0.4 is 0 Å². The van der Waals surface area contributed by atoms with Crippen LogP contribution in [-0.2, 0) is 4.84 Å². The van der Waals surface area contributed by atoms with E-state index in [-0.39, 0.29) is 6.10 Å². The summed E-state index contributed by atoms with van der Waals surface area (Å²) < 4.78 is 0. The molecule has 4 bridgehead atoms. The first kappa shape index (κ1) is 8.72. The van der Waals surface area contributed by atoms with E-state index in [0.717, 1.165) is 24.5 Å². The molecule has 4 aliphatic carbocycles. The zero-order valence-corrected chi connectivity index (χ0v) is 8.52. The predicted octanol–water partition coefficient (Wildman–Crippen LogP) is 1.42. The van der Waals surface area contributed by atoms with E-state index in [4.69, 9.17) is 4.84 Å². The van der Waals surface area contributed by atoms with Crippen molar-refractivity contribution in [1.82, 2.24) is 0 Å². The molecule has 1 N–H and O–H groups in total. The topological polar surface area (TPSA) is 41.8 Å². The van der Waals surface area contributed by atoms with Gasteiger partial charge >= 0.3 is 0 Å². The number of nitrogens with zero attached hydrogens (tertiary/aromatic N) is 1. The Morgan fingerprint density at radius 3 is 2.93 bits per heavy atom. The van der Waals surface area contributed by atoms with Gasteiger partial charge in [-0.15, -0.1) is 0 Å². The summed E-state index contributed by atoms with van der Waals surface area (Å²) in [6.45, 7) is 0. The Balaban J connectivity index is 1.93. The molecule has 0 saturated heterocycles. The lowest BCUT2D eigenvalue weighted by Gasteiger charge is -2.52. The minimum atomic E-state index is -0.142. The van der Waals surface area contributed by atoms with Gasteiger partial charge in [0.2, 0.25) is 0 Å². The van der Waals surface area contributed by atoms with Gasteiger partial charge in [0.05, 0.1) is 11.8 Å². The van der Waals surface area contributed by atoms with Crippen molar-refractivity contribution in [2.75, 3.05) is 7.11 Å². The van der Waals surface area contributed by atoms with E-state index in [9.17, 15) is 5.11 Å². The molecule has 78 valence electrons. The third kappa shape index (κ3) is 1.05. The van der Waals surface area contributed by atoms with Gasteiger partial charge in [-0.3, -0.25) is 0 Å². The summed E-state index contributed by atoms with van der Waals surface area (Å²) in [5.41, 5.74) is 1.15. The summed E-state index contributed by atoms with van der Waals surface area (Å²) in [6, 6.07) is 0. The van der Waals surface area contributed by atoms with Gasteiger partial charge in [0, 0.05) is 11.8 Å². The van der Waals surface area contributed by atoms with Crippen LogP contribution in [-0.4, -0.2) is 24.0 Å². The van der Waals surface area contributed by atoms with Crippen molar-refractivity contribution in [2.45, 2.75) is 31.8 Å². The van der Waals surface area contributed by atoms with Crippen molar-refractivity contribution in [3.63, 3.8) is 0 Å². The van der Waals surface area contributed by atoms with Gasteiger partial charge in [0.25, 0.3) is 0 Å². The fourth-order valence-electron chi connectivity index (χ4n) is 3.87. The molecular weight excluding hydrogens is 178 g/mol. The highest BCUT2D eigenvalue weighted by molar-refractivity contribution is 5.91. The van der Waals surface area contributed by atoms with Crippen molar-refractivity contribution in [3.05, 3.63) is 0 Å². The fraction of sp³-hybridized carbons (Fsp3) is 0.909. The van der Waals surface area contributed by atoms with E-state index in [2.05, 4.69) is 5.16 Å². The van der Waals surface area contributed by atoms with E-state index in [0.29, 0.717) is 17.8 Å². The minimum Gasteiger partial charge on any atom is -0.399 e. The Morgan fingerprint density at radius 1 is 1.29 bits per heavy atom. The van der Waals surface area contributed by atoms with E-state index in [1.54, 1.807) is 7.11 Å². The molecule has 0 radical (unpaired) electrons. The number of hydrogen-bond donors (Lipinski definition) is 1. The lowest BCUT2D eigenvalue weighted by Crippen LogP contribution is -2.54. The molecule has 3 heteroatoms. The van der Waals surface area contributed by atoms with Crippen LogP contribution >= 0.6 is 0 Å². The van der Waals surface area contributed by atoms with Crippen LogP contribution in [0.1, 0.15) is 25.7 Å². The summed E-state index contributed by atoms with van der Waals surface area (Å²) in [5, 5.41) is 14.2. The van der Waals surface area contributed by atoms with E-state index >= 15 is 0 Å². The second-order valence-electron chi connectivity index (χ2n) is 5.06. The molecular formula is C11H17NO2. The van der Waals surface area contributed by atoms with Gasteiger partial charge in [-0.25, -0.2) is 0 Å². The molecule has 14 heavy (non-hydrogen) atoms. The first-order chi connectivity index (χ1) is 6.79. The number of oxime groups is 1. The second kappa shape index (κ2) is 2.96. The molecule has 0 amide bonds. The molecule has 0 aromatic heterocycles. The van der Waals surface area contributed by atoms with Gasteiger partial charge in [-0.2, -0.15) is 0 Å². The Labute approximate surface area is 84.1 Å². The van der Waals surface area contributed by atoms with Crippen molar-refractivity contribution in [2.24, 2.45) is 28.8 Å². The SMILES string of the molecule is CO/N=C1\C2CC3CC(C2)[C@H](O)C1C3. The van der Waals surface area contributed by atoms with Crippen LogP contribution in [0.5, 0.6) is 0 Å². The maximum absolute atomic E-state index is 10.1. The third-order valence-electron chi connectivity index (χ3n) is 4.32. The first-order valence-corrected chi connectivity index (χ1v) is 5.58. The predicted molar refractivity (Wildman–Crippen MR) is 52.9 cm³/mol. The highest BCUT2D eigenvalue weighted by Crippen LogP contribution is 2.52. The van der Waals surface area contributed by atoms with Crippen LogP contribution in [0.15, 0.2) is 5.16 Å². The van der Waals surface area contributed by atoms with Gasteiger partial charge in [0.1, 0.15) is 7.11 Å². The zero-order valence-electron chi connectivity index (χ0n) is 8.52. The summed E-state index contributed by atoms with van der Waals surface area (Å²) in [4.78, 5) is 4.89. The molecule has 5 atom stereocenters. The highest BCUT2D eigenvalue weighted by Gasteiger charge is 2.51. The maximum Gasteiger partial charge on any atom is 0.106 e. The van der Waals surface area contributed by atoms with Crippen molar-refractivity contribution in [3.8, 4) is 0 Å². The number of aliphatic hydroxyl groups excluding tert-OH is 1. The number of rotatable bonds is 1. The van der Waals surface area contributed by atoms with Gasteiger partial charge in [-0.05, 0) is 37.5 Å². The van der Waals surface area contributed by atoms with Gasteiger partial charge in [-0.1, -0.05) is 5.16 Å². The lowest BCUT2D eigenvalue weighted by molar-refractivity contribution is -0.0348. The third-order valence-corrected chi connectivity index (χ3v) is 4.32.